The van der Waals surface area contributed by atoms with E-state index in [0.29, 0.717) is 19.3 Å². The van der Waals surface area contributed by atoms with E-state index >= 15 is 0 Å². The van der Waals surface area contributed by atoms with Crippen molar-refractivity contribution in [2.75, 3.05) is 13.2 Å². The molecular formula is C72H118O6. The Labute approximate surface area is 481 Å². The fourth-order valence-corrected chi connectivity index (χ4v) is 8.53. The van der Waals surface area contributed by atoms with Crippen molar-refractivity contribution in [3.63, 3.8) is 0 Å². The Hall–Kier alpha value is -4.45. The Balaban J connectivity index is 4.27. The van der Waals surface area contributed by atoms with Crippen LogP contribution in [0.25, 0.3) is 0 Å². The molecule has 78 heavy (non-hydrogen) atoms. The lowest BCUT2D eigenvalue weighted by molar-refractivity contribution is -0.167. The van der Waals surface area contributed by atoms with Crippen molar-refractivity contribution in [2.45, 2.75) is 290 Å². The zero-order valence-corrected chi connectivity index (χ0v) is 50.6. The molecule has 1 unspecified atom stereocenters. The molecule has 0 saturated heterocycles. The molecule has 0 aliphatic rings. The standard InChI is InChI=1S/C72H118O6/c1-4-7-10-13-16-19-22-25-27-28-29-30-31-32-33-34-35-36-37-38-39-40-41-42-43-44-45-48-50-53-56-59-62-65-71(74)77-68-69(67-76-70(73)64-61-58-55-52-49-46-24-21-18-15-12-9-6-3)78-72(75)66-63-60-57-54-51-47-26-23-20-17-14-11-8-5-2/h7,10,14,16-17,19,21,23-27,29-30,32-33,35-36,38-39,41-42,69H,4-6,8-9,11-13,15,18,20,22,28,31,34,37,40,43-68H2,1-3H3/b10-7-,17-14-,19-16-,24-21-,26-23-,27-25-,30-29-,33-32-,36-35-,39-38-,42-41-. The molecule has 0 aromatic carbocycles. The van der Waals surface area contributed by atoms with E-state index in [1.54, 1.807) is 0 Å². The van der Waals surface area contributed by atoms with Crippen LogP contribution in [0.2, 0.25) is 0 Å². The van der Waals surface area contributed by atoms with Gasteiger partial charge in [0.25, 0.3) is 0 Å². The average Bonchev–Trinajstić information content (AvgIpc) is 3.44. The van der Waals surface area contributed by atoms with E-state index in [0.717, 1.165) is 148 Å². The van der Waals surface area contributed by atoms with E-state index in [1.165, 1.54) is 96.3 Å². The van der Waals surface area contributed by atoms with Gasteiger partial charge in [0.05, 0.1) is 0 Å². The number of esters is 3. The SMILES string of the molecule is CC/C=C\C/C=C\C/C=C\C/C=C\C/C=C\C/C=C\C/C=C\C/C=C\CCCCCCCCCCC(=O)OCC(COC(=O)CCCCCCC/C=C\CCCCCC)OC(=O)CCCCCCC/C=C\C/C=C\CCCC. The predicted octanol–water partition coefficient (Wildman–Crippen LogP) is 22.2. The number of rotatable bonds is 57. The minimum Gasteiger partial charge on any atom is -0.462 e. The summed E-state index contributed by atoms with van der Waals surface area (Å²) in [6, 6.07) is 0. The fraction of sp³-hybridized carbons (Fsp3) is 0.653. The number of hydrogen-bond acceptors (Lipinski definition) is 6. The molecule has 6 nitrogen and oxygen atoms in total. The van der Waals surface area contributed by atoms with Gasteiger partial charge in [0.2, 0.25) is 0 Å². The average molecular weight is 1080 g/mol. The molecule has 0 aliphatic heterocycles. The van der Waals surface area contributed by atoms with Gasteiger partial charge in [0, 0.05) is 19.3 Å². The first-order chi connectivity index (χ1) is 38.5. The van der Waals surface area contributed by atoms with Gasteiger partial charge >= 0.3 is 17.9 Å². The van der Waals surface area contributed by atoms with Crippen molar-refractivity contribution >= 4 is 17.9 Å². The molecule has 6 heteroatoms. The van der Waals surface area contributed by atoms with E-state index < -0.39 is 6.10 Å². The minimum atomic E-state index is -0.796. The maximum Gasteiger partial charge on any atom is 0.306 e. The minimum absolute atomic E-state index is 0.0926. The summed E-state index contributed by atoms with van der Waals surface area (Å²) in [5, 5.41) is 0. The highest BCUT2D eigenvalue weighted by molar-refractivity contribution is 5.71. The third-order valence-corrected chi connectivity index (χ3v) is 13.4. The van der Waals surface area contributed by atoms with E-state index in [2.05, 4.69) is 154 Å². The number of hydrogen-bond donors (Lipinski definition) is 0. The van der Waals surface area contributed by atoms with Crippen LogP contribution >= 0.6 is 0 Å². The lowest BCUT2D eigenvalue weighted by atomic mass is 10.1. The van der Waals surface area contributed by atoms with E-state index in [1.807, 2.05) is 0 Å². The summed E-state index contributed by atoms with van der Waals surface area (Å²) in [7, 11) is 0. The first kappa shape index (κ1) is 73.5. The van der Waals surface area contributed by atoms with Gasteiger partial charge < -0.3 is 14.2 Å². The van der Waals surface area contributed by atoms with Crippen LogP contribution in [-0.2, 0) is 28.6 Å². The molecule has 0 fully saturated rings. The smallest absolute Gasteiger partial charge is 0.306 e. The quantitative estimate of drug-likeness (QED) is 0.0261. The zero-order valence-electron chi connectivity index (χ0n) is 50.6. The van der Waals surface area contributed by atoms with Crippen LogP contribution in [0.3, 0.4) is 0 Å². The molecular weight excluding hydrogens is 961 g/mol. The van der Waals surface area contributed by atoms with Crippen molar-refractivity contribution in [2.24, 2.45) is 0 Å². The van der Waals surface area contributed by atoms with Crippen LogP contribution in [0.4, 0.5) is 0 Å². The Morgan fingerprint density at radius 3 is 0.833 bits per heavy atom. The van der Waals surface area contributed by atoms with E-state index in [4.69, 9.17) is 14.2 Å². The molecule has 0 aromatic rings. The monoisotopic (exact) mass is 1080 g/mol. The Bertz CT molecular complexity index is 1670. The molecule has 0 spiro atoms. The number of allylic oxidation sites excluding steroid dienone is 22. The maximum absolute atomic E-state index is 12.9. The highest BCUT2D eigenvalue weighted by atomic mass is 16.6. The summed E-state index contributed by atoms with van der Waals surface area (Å²) in [6.07, 6.45) is 91.7. The number of carbonyl (C=O) groups is 3. The lowest BCUT2D eigenvalue weighted by Gasteiger charge is -2.18. The molecule has 0 radical (unpaired) electrons. The second-order valence-electron chi connectivity index (χ2n) is 20.9. The normalized spacial score (nSPS) is 13.0. The van der Waals surface area contributed by atoms with Gasteiger partial charge in [-0.3, -0.25) is 14.4 Å². The molecule has 0 N–H and O–H groups in total. The Morgan fingerprint density at radius 1 is 0.269 bits per heavy atom. The van der Waals surface area contributed by atoms with Crippen LogP contribution in [-0.4, -0.2) is 37.2 Å². The fourth-order valence-electron chi connectivity index (χ4n) is 8.53. The highest BCUT2D eigenvalue weighted by Gasteiger charge is 2.19. The molecule has 0 bridgehead atoms. The van der Waals surface area contributed by atoms with Gasteiger partial charge in [-0.25, -0.2) is 0 Å². The van der Waals surface area contributed by atoms with Crippen LogP contribution < -0.4 is 0 Å². The van der Waals surface area contributed by atoms with Gasteiger partial charge in [-0.1, -0.05) is 264 Å². The van der Waals surface area contributed by atoms with Crippen molar-refractivity contribution in [3.05, 3.63) is 134 Å². The topological polar surface area (TPSA) is 78.9 Å². The summed E-state index contributed by atoms with van der Waals surface area (Å²) < 4.78 is 16.9. The van der Waals surface area contributed by atoms with Gasteiger partial charge in [-0.2, -0.15) is 0 Å². The Kier molecular flexibility index (Phi) is 61.4. The zero-order chi connectivity index (χ0) is 56.4. The van der Waals surface area contributed by atoms with Gasteiger partial charge in [-0.05, 0) is 135 Å². The van der Waals surface area contributed by atoms with E-state index in [9.17, 15) is 14.4 Å². The summed E-state index contributed by atoms with van der Waals surface area (Å²) in [4.78, 5) is 38.2. The van der Waals surface area contributed by atoms with E-state index in [-0.39, 0.29) is 31.1 Å². The first-order valence-electron chi connectivity index (χ1n) is 32.2. The first-order valence-corrected chi connectivity index (χ1v) is 32.2. The largest absolute Gasteiger partial charge is 0.462 e. The number of unbranched alkanes of at least 4 members (excludes halogenated alkanes) is 24. The summed E-state index contributed by atoms with van der Waals surface area (Å²) in [5.41, 5.74) is 0. The summed E-state index contributed by atoms with van der Waals surface area (Å²) in [5.74, 6) is -0.922. The molecule has 0 heterocycles. The second kappa shape index (κ2) is 65.1. The van der Waals surface area contributed by atoms with Crippen LogP contribution in [0.15, 0.2) is 134 Å². The van der Waals surface area contributed by atoms with Crippen LogP contribution in [0.5, 0.6) is 0 Å². The molecule has 442 valence electrons. The van der Waals surface area contributed by atoms with Crippen molar-refractivity contribution in [1.29, 1.82) is 0 Å². The summed E-state index contributed by atoms with van der Waals surface area (Å²) >= 11 is 0. The predicted molar refractivity (Wildman–Crippen MR) is 339 cm³/mol. The molecule has 0 saturated carbocycles. The third-order valence-electron chi connectivity index (χ3n) is 13.4. The van der Waals surface area contributed by atoms with Crippen molar-refractivity contribution < 1.29 is 28.6 Å². The van der Waals surface area contributed by atoms with Gasteiger partial charge in [-0.15, -0.1) is 0 Å². The van der Waals surface area contributed by atoms with Crippen molar-refractivity contribution in [3.8, 4) is 0 Å². The number of carbonyl (C=O) groups excluding carboxylic acids is 3. The summed E-state index contributed by atoms with van der Waals surface area (Å²) in [6.45, 7) is 6.45. The van der Waals surface area contributed by atoms with Crippen molar-refractivity contribution in [1.82, 2.24) is 0 Å². The molecule has 0 aromatic heterocycles. The molecule has 0 aliphatic carbocycles. The number of ether oxygens (including phenoxy) is 3. The molecule has 1 atom stereocenters. The van der Waals surface area contributed by atoms with Crippen LogP contribution in [0.1, 0.15) is 284 Å². The maximum atomic E-state index is 12.9. The molecule has 0 amide bonds. The van der Waals surface area contributed by atoms with Gasteiger partial charge in [0.1, 0.15) is 13.2 Å². The highest BCUT2D eigenvalue weighted by Crippen LogP contribution is 2.15. The molecule has 0 rings (SSSR count). The van der Waals surface area contributed by atoms with Crippen LogP contribution in [0, 0.1) is 0 Å². The lowest BCUT2D eigenvalue weighted by Crippen LogP contribution is -2.30. The third kappa shape index (κ3) is 62.4. The van der Waals surface area contributed by atoms with Gasteiger partial charge in [0.15, 0.2) is 6.10 Å². The Morgan fingerprint density at radius 2 is 0.513 bits per heavy atom. The second-order valence-corrected chi connectivity index (χ2v) is 20.9.